The van der Waals surface area contributed by atoms with Crippen LogP contribution in [-0.2, 0) is 6.18 Å². The summed E-state index contributed by atoms with van der Waals surface area (Å²) in [5, 5.41) is 23.4. The van der Waals surface area contributed by atoms with Crippen molar-refractivity contribution in [1.29, 1.82) is 5.26 Å². The van der Waals surface area contributed by atoms with Crippen molar-refractivity contribution in [2.45, 2.75) is 6.18 Å². The number of alkyl halides is 3. The normalized spacial score (nSPS) is 12.1. The summed E-state index contributed by atoms with van der Waals surface area (Å²) in [6.45, 7) is 0. The van der Waals surface area contributed by atoms with Crippen LogP contribution in [0.4, 0.5) is 23.2 Å². The molecule has 0 unspecified atom stereocenters. The predicted octanol–water partition coefficient (Wildman–Crippen LogP) is 3.10. The Morgan fingerprint density at radius 3 is 2.68 bits per heavy atom. The van der Waals surface area contributed by atoms with Crippen molar-refractivity contribution in [1.82, 2.24) is 20.6 Å². The van der Waals surface area contributed by atoms with Crippen LogP contribution in [0.2, 0.25) is 0 Å². The molecule has 1 heterocycles. The van der Waals surface area contributed by atoms with Crippen LogP contribution in [0.3, 0.4) is 0 Å². The fourth-order valence-corrected chi connectivity index (χ4v) is 1.94. The van der Waals surface area contributed by atoms with Crippen molar-refractivity contribution in [3.8, 4) is 6.07 Å². The van der Waals surface area contributed by atoms with Gasteiger partial charge in [0.05, 0.1) is 11.3 Å². The van der Waals surface area contributed by atoms with Gasteiger partial charge < -0.3 is 5.32 Å². The van der Waals surface area contributed by atoms with Crippen LogP contribution < -0.4 is 5.32 Å². The Labute approximate surface area is 129 Å². The summed E-state index contributed by atoms with van der Waals surface area (Å²) in [5.74, 6) is -1.27. The van der Waals surface area contributed by atoms with Gasteiger partial charge in [0.2, 0.25) is 5.82 Å². The maximum atomic E-state index is 13.8. The number of H-pyrrole nitrogens is 1. The number of benzene rings is 1. The van der Waals surface area contributed by atoms with E-state index in [2.05, 4.69) is 41.9 Å². The number of nitriles is 1. The fraction of sp³-hybridized carbons (Fsp3) is 0.0909. The lowest BCUT2D eigenvalue weighted by molar-refractivity contribution is -0.137. The molecular formula is C11H5BrF4N6. The molecule has 0 fully saturated rings. The van der Waals surface area contributed by atoms with E-state index in [-0.39, 0.29) is 15.9 Å². The number of aromatic nitrogens is 4. The van der Waals surface area contributed by atoms with E-state index in [1.54, 1.807) is 6.07 Å². The number of rotatable bonds is 3. The first-order chi connectivity index (χ1) is 10.3. The van der Waals surface area contributed by atoms with Gasteiger partial charge in [-0.1, -0.05) is 15.9 Å². The molecular weight excluding hydrogens is 372 g/mol. The first kappa shape index (κ1) is 15.9. The second-order valence-electron chi connectivity index (χ2n) is 3.86. The third kappa shape index (κ3) is 3.40. The van der Waals surface area contributed by atoms with Gasteiger partial charge >= 0.3 is 6.18 Å². The predicted molar refractivity (Wildman–Crippen MR) is 70.5 cm³/mol. The van der Waals surface area contributed by atoms with E-state index < -0.39 is 23.2 Å². The zero-order valence-corrected chi connectivity index (χ0v) is 12.0. The van der Waals surface area contributed by atoms with Crippen molar-refractivity contribution >= 4 is 27.2 Å². The first-order valence-electron chi connectivity index (χ1n) is 5.49. The zero-order valence-electron chi connectivity index (χ0n) is 10.4. The minimum atomic E-state index is -4.78. The summed E-state index contributed by atoms with van der Waals surface area (Å²) < 4.78 is 52.5. The molecule has 6 nitrogen and oxygen atoms in total. The lowest BCUT2D eigenvalue weighted by Gasteiger charge is -2.14. The van der Waals surface area contributed by atoms with Crippen LogP contribution >= 0.6 is 15.9 Å². The summed E-state index contributed by atoms with van der Waals surface area (Å²) in [7, 11) is 0. The van der Waals surface area contributed by atoms with E-state index >= 15 is 0 Å². The Morgan fingerprint density at radius 2 is 2.14 bits per heavy atom. The highest BCUT2D eigenvalue weighted by atomic mass is 79.9. The Morgan fingerprint density at radius 1 is 1.41 bits per heavy atom. The zero-order chi connectivity index (χ0) is 16.3. The highest BCUT2D eigenvalue weighted by Crippen LogP contribution is 2.38. The minimum Gasteiger partial charge on any atom is -0.357 e. The number of tetrazole rings is 1. The van der Waals surface area contributed by atoms with E-state index in [1.165, 1.54) is 0 Å². The SMILES string of the molecule is N#CC(=CNc1c(F)cc(Br)cc1C(F)(F)F)c1nn[nH]n1. The van der Waals surface area contributed by atoms with E-state index in [9.17, 15) is 17.6 Å². The van der Waals surface area contributed by atoms with Crippen molar-refractivity contribution in [3.05, 3.63) is 40.0 Å². The van der Waals surface area contributed by atoms with Gasteiger partial charge in [0.15, 0.2) is 0 Å². The van der Waals surface area contributed by atoms with Gasteiger partial charge in [-0.3, -0.25) is 0 Å². The molecule has 2 aromatic rings. The molecule has 0 amide bonds. The molecule has 0 spiro atoms. The third-order valence-corrected chi connectivity index (χ3v) is 2.89. The number of hydrogen-bond acceptors (Lipinski definition) is 5. The van der Waals surface area contributed by atoms with E-state index in [0.29, 0.717) is 0 Å². The fourth-order valence-electron chi connectivity index (χ4n) is 1.51. The van der Waals surface area contributed by atoms with E-state index in [1.807, 2.05) is 0 Å². The number of anilines is 1. The molecule has 0 radical (unpaired) electrons. The van der Waals surface area contributed by atoms with Crippen LogP contribution in [-0.4, -0.2) is 20.6 Å². The molecule has 0 aliphatic carbocycles. The second kappa shape index (κ2) is 6.10. The molecule has 0 saturated carbocycles. The molecule has 2 N–H and O–H groups in total. The molecule has 0 bridgehead atoms. The van der Waals surface area contributed by atoms with E-state index in [4.69, 9.17) is 5.26 Å². The summed E-state index contributed by atoms with van der Waals surface area (Å²) in [6, 6.07) is 3.25. The van der Waals surface area contributed by atoms with Crippen LogP contribution in [0.15, 0.2) is 22.8 Å². The van der Waals surface area contributed by atoms with Crippen molar-refractivity contribution in [2.75, 3.05) is 5.32 Å². The molecule has 0 aliphatic rings. The molecule has 114 valence electrons. The minimum absolute atomic E-state index is 0.0643. The summed E-state index contributed by atoms with van der Waals surface area (Å²) in [5.41, 5.74) is -2.25. The number of nitrogens with one attached hydrogen (secondary N) is 2. The Bertz CT molecular complexity index is 747. The molecule has 0 saturated heterocycles. The van der Waals surface area contributed by atoms with Gasteiger partial charge in [-0.05, 0) is 17.3 Å². The van der Waals surface area contributed by atoms with Gasteiger partial charge in [-0.15, -0.1) is 10.2 Å². The number of hydrogen-bond donors (Lipinski definition) is 2. The van der Waals surface area contributed by atoms with Crippen LogP contribution in [0, 0.1) is 17.1 Å². The van der Waals surface area contributed by atoms with Crippen molar-refractivity contribution in [2.24, 2.45) is 0 Å². The average Bonchev–Trinajstić information content (AvgIpc) is 2.94. The summed E-state index contributed by atoms with van der Waals surface area (Å²) in [4.78, 5) is 0. The average molecular weight is 377 g/mol. The topological polar surface area (TPSA) is 90.3 Å². The van der Waals surface area contributed by atoms with Crippen molar-refractivity contribution < 1.29 is 17.6 Å². The number of nitrogens with zero attached hydrogens (tertiary/aromatic N) is 4. The maximum Gasteiger partial charge on any atom is 0.418 e. The monoisotopic (exact) mass is 376 g/mol. The lowest BCUT2D eigenvalue weighted by Crippen LogP contribution is -2.10. The molecule has 22 heavy (non-hydrogen) atoms. The number of allylic oxidation sites excluding steroid dienone is 1. The van der Waals surface area contributed by atoms with Crippen LogP contribution in [0.5, 0.6) is 0 Å². The van der Waals surface area contributed by atoms with Gasteiger partial charge in [-0.25, -0.2) is 4.39 Å². The molecule has 1 aromatic heterocycles. The Balaban J connectivity index is 2.44. The van der Waals surface area contributed by atoms with Gasteiger partial charge in [-0.2, -0.15) is 23.6 Å². The molecule has 1 aromatic carbocycles. The van der Waals surface area contributed by atoms with Gasteiger partial charge in [0, 0.05) is 10.7 Å². The Kier molecular flexibility index (Phi) is 4.41. The van der Waals surface area contributed by atoms with Gasteiger partial charge in [0.1, 0.15) is 17.5 Å². The van der Waals surface area contributed by atoms with Crippen molar-refractivity contribution in [3.63, 3.8) is 0 Å². The lowest BCUT2D eigenvalue weighted by atomic mass is 10.1. The number of aromatic amines is 1. The third-order valence-electron chi connectivity index (χ3n) is 2.43. The molecule has 0 aliphatic heterocycles. The molecule has 11 heteroatoms. The first-order valence-corrected chi connectivity index (χ1v) is 6.29. The highest BCUT2D eigenvalue weighted by molar-refractivity contribution is 9.10. The summed E-state index contributed by atoms with van der Waals surface area (Å²) in [6.07, 6.45) is -3.91. The van der Waals surface area contributed by atoms with E-state index in [0.717, 1.165) is 18.3 Å². The maximum absolute atomic E-state index is 13.8. The molecule has 2 rings (SSSR count). The van der Waals surface area contributed by atoms with Gasteiger partial charge in [0.25, 0.3) is 0 Å². The van der Waals surface area contributed by atoms with Crippen LogP contribution in [0.1, 0.15) is 11.4 Å². The second-order valence-corrected chi connectivity index (χ2v) is 4.77. The highest BCUT2D eigenvalue weighted by Gasteiger charge is 2.35. The smallest absolute Gasteiger partial charge is 0.357 e. The summed E-state index contributed by atoms with van der Waals surface area (Å²) >= 11 is 2.80. The molecule has 0 atom stereocenters. The largest absolute Gasteiger partial charge is 0.418 e. The standard InChI is InChI=1S/C11H5BrF4N6/c12-6-1-7(11(14,15)16)9(8(13)2-6)18-4-5(3-17)10-19-21-22-20-10/h1-2,4,18H,(H,19,20,21,22). The Hall–Kier alpha value is -2.48. The number of halogens is 5. The quantitative estimate of drug-likeness (QED) is 0.634. The van der Waals surface area contributed by atoms with Crippen LogP contribution in [0.25, 0.3) is 5.57 Å².